The molecule has 3 rings (SSSR count). The first-order valence-corrected chi connectivity index (χ1v) is 6.44. The van der Waals surface area contributed by atoms with Crippen LogP contribution in [0.1, 0.15) is 19.3 Å². The second-order valence-corrected chi connectivity index (χ2v) is 4.70. The van der Waals surface area contributed by atoms with E-state index in [-0.39, 0.29) is 12.0 Å². The zero-order valence-electron chi connectivity index (χ0n) is 10.8. The Morgan fingerprint density at radius 1 is 1.53 bits per heavy atom. The van der Waals surface area contributed by atoms with Crippen LogP contribution >= 0.6 is 0 Å². The predicted molar refractivity (Wildman–Crippen MR) is 70.9 cm³/mol. The second kappa shape index (κ2) is 4.87. The average molecular weight is 260 g/mol. The van der Waals surface area contributed by atoms with E-state index in [2.05, 4.69) is 15.2 Å². The van der Waals surface area contributed by atoms with Crippen LogP contribution in [0.5, 0.6) is 0 Å². The Kier molecular flexibility index (Phi) is 3.06. The Hall–Kier alpha value is -2.11. The SMILES string of the molecule is COC(=O)C1CCCCN1c1n[nH]c2cnccc12. The fraction of sp³-hybridized carbons (Fsp3) is 0.462. The first kappa shape index (κ1) is 12.0. The molecule has 0 spiro atoms. The topological polar surface area (TPSA) is 71.1 Å². The predicted octanol–water partition coefficient (Wildman–Crippen LogP) is 1.49. The monoisotopic (exact) mass is 260 g/mol. The Morgan fingerprint density at radius 2 is 2.42 bits per heavy atom. The minimum atomic E-state index is -0.238. The highest BCUT2D eigenvalue weighted by molar-refractivity contribution is 5.92. The van der Waals surface area contributed by atoms with Crippen molar-refractivity contribution < 1.29 is 9.53 Å². The van der Waals surface area contributed by atoms with Crippen molar-refractivity contribution in [1.82, 2.24) is 15.2 Å². The van der Waals surface area contributed by atoms with Crippen LogP contribution in [0, 0.1) is 0 Å². The standard InChI is InChI=1S/C13H16N4O2/c1-19-13(18)11-4-2-3-7-17(11)12-9-5-6-14-8-10(9)15-16-12/h5-6,8,11H,2-4,7H2,1H3,(H,15,16). The van der Waals surface area contributed by atoms with Crippen molar-refractivity contribution in [3.63, 3.8) is 0 Å². The number of rotatable bonds is 2. The number of carbonyl (C=O) groups is 1. The number of esters is 1. The van der Waals surface area contributed by atoms with E-state index in [0.717, 1.165) is 42.5 Å². The van der Waals surface area contributed by atoms with Crippen LogP contribution in [0.15, 0.2) is 18.5 Å². The molecule has 0 bridgehead atoms. The molecule has 1 aliphatic rings. The largest absolute Gasteiger partial charge is 0.467 e. The van der Waals surface area contributed by atoms with E-state index in [1.807, 2.05) is 11.0 Å². The summed E-state index contributed by atoms with van der Waals surface area (Å²) in [5.74, 6) is 0.623. The molecule has 0 aliphatic carbocycles. The Labute approximate surface area is 110 Å². The van der Waals surface area contributed by atoms with Gasteiger partial charge in [-0.25, -0.2) is 4.79 Å². The smallest absolute Gasteiger partial charge is 0.328 e. The fourth-order valence-electron chi connectivity index (χ4n) is 2.64. The van der Waals surface area contributed by atoms with Crippen molar-refractivity contribution in [2.75, 3.05) is 18.6 Å². The van der Waals surface area contributed by atoms with E-state index in [4.69, 9.17) is 4.74 Å². The molecule has 3 heterocycles. The lowest BCUT2D eigenvalue weighted by atomic mass is 10.0. The number of hydrogen-bond donors (Lipinski definition) is 1. The van der Waals surface area contributed by atoms with Crippen LogP contribution in [0.25, 0.3) is 10.9 Å². The molecule has 1 unspecified atom stereocenters. The van der Waals surface area contributed by atoms with Crippen LogP contribution in [0.4, 0.5) is 5.82 Å². The molecular weight excluding hydrogens is 244 g/mol. The number of aromatic nitrogens is 3. The number of H-pyrrole nitrogens is 1. The summed E-state index contributed by atoms with van der Waals surface area (Å²) < 4.78 is 4.90. The lowest BCUT2D eigenvalue weighted by molar-refractivity contribution is -0.142. The molecule has 0 amide bonds. The molecule has 0 saturated carbocycles. The van der Waals surface area contributed by atoms with E-state index < -0.39 is 0 Å². The van der Waals surface area contributed by atoms with Crippen molar-refractivity contribution in [1.29, 1.82) is 0 Å². The highest BCUT2D eigenvalue weighted by Gasteiger charge is 2.31. The van der Waals surface area contributed by atoms with Crippen molar-refractivity contribution in [3.8, 4) is 0 Å². The van der Waals surface area contributed by atoms with E-state index in [1.54, 1.807) is 12.4 Å². The minimum Gasteiger partial charge on any atom is -0.467 e. The number of ether oxygens (including phenoxy) is 1. The van der Waals surface area contributed by atoms with Gasteiger partial charge >= 0.3 is 5.97 Å². The van der Waals surface area contributed by atoms with Crippen LogP contribution in [0.3, 0.4) is 0 Å². The normalized spacial score (nSPS) is 19.6. The third-order valence-corrected chi connectivity index (χ3v) is 3.59. The zero-order chi connectivity index (χ0) is 13.2. The van der Waals surface area contributed by atoms with Crippen molar-refractivity contribution in [2.24, 2.45) is 0 Å². The van der Waals surface area contributed by atoms with Crippen LogP contribution in [-0.2, 0) is 9.53 Å². The maximum atomic E-state index is 11.9. The summed E-state index contributed by atoms with van der Waals surface area (Å²) in [5.41, 5.74) is 0.881. The van der Waals surface area contributed by atoms with E-state index in [9.17, 15) is 4.79 Å². The first-order chi connectivity index (χ1) is 9.31. The number of methoxy groups -OCH3 is 1. The molecule has 0 aromatic carbocycles. The zero-order valence-corrected chi connectivity index (χ0v) is 10.8. The summed E-state index contributed by atoms with van der Waals surface area (Å²) in [5, 5.41) is 8.29. The van der Waals surface area contributed by atoms with Gasteiger partial charge in [0.1, 0.15) is 6.04 Å². The fourth-order valence-corrected chi connectivity index (χ4v) is 2.64. The van der Waals surface area contributed by atoms with E-state index >= 15 is 0 Å². The number of fused-ring (bicyclic) bond motifs is 1. The molecule has 2 aromatic rings. The highest BCUT2D eigenvalue weighted by atomic mass is 16.5. The molecule has 1 aliphatic heterocycles. The summed E-state index contributed by atoms with van der Waals surface area (Å²) in [6.07, 6.45) is 6.39. The van der Waals surface area contributed by atoms with Gasteiger partial charge in [0, 0.05) is 18.1 Å². The summed E-state index contributed by atoms with van der Waals surface area (Å²) in [7, 11) is 1.43. The summed E-state index contributed by atoms with van der Waals surface area (Å²) >= 11 is 0. The Balaban J connectivity index is 2.00. The van der Waals surface area contributed by atoms with E-state index in [0.29, 0.717) is 0 Å². The van der Waals surface area contributed by atoms with Gasteiger partial charge in [-0.2, -0.15) is 5.10 Å². The third-order valence-electron chi connectivity index (χ3n) is 3.59. The molecule has 6 heteroatoms. The number of carbonyl (C=O) groups excluding carboxylic acids is 1. The van der Waals surface area contributed by atoms with E-state index in [1.165, 1.54) is 7.11 Å². The molecule has 1 atom stereocenters. The number of hydrogen-bond acceptors (Lipinski definition) is 5. The Bertz CT molecular complexity index is 595. The lowest BCUT2D eigenvalue weighted by Gasteiger charge is -2.34. The van der Waals surface area contributed by atoms with Crippen LogP contribution in [-0.4, -0.2) is 40.8 Å². The van der Waals surface area contributed by atoms with Gasteiger partial charge in [-0.1, -0.05) is 0 Å². The number of nitrogens with one attached hydrogen (secondary N) is 1. The quantitative estimate of drug-likeness (QED) is 0.828. The van der Waals surface area contributed by atoms with Gasteiger partial charge in [0.05, 0.1) is 18.8 Å². The molecule has 1 saturated heterocycles. The molecule has 19 heavy (non-hydrogen) atoms. The Morgan fingerprint density at radius 3 is 3.26 bits per heavy atom. The van der Waals surface area contributed by atoms with Gasteiger partial charge in [0.15, 0.2) is 5.82 Å². The van der Waals surface area contributed by atoms with Crippen molar-refractivity contribution in [3.05, 3.63) is 18.5 Å². The summed E-state index contributed by atoms with van der Waals surface area (Å²) in [6.45, 7) is 0.821. The maximum Gasteiger partial charge on any atom is 0.328 e. The number of piperidine rings is 1. The minimum absolute atomic E-state index is 0.190. The van der Waals surface area contributed by atoms with Crippen LogP contribution in [0.2, 0.25) is 0 Å². The van der Waals surface area contributed by atoms with Gasteiger partial charge < -0.3 is 9.64 Å². The molecule has 1 N–H and O–H groups in total. The lowest BCUT2D eigenvalue weighted by Crippen LogP contribution is -2.45. The number of nitrogens with zero attached hydrogens (tertiary/aromatic N) is 3. The van der Waals surface area contributed by atoms with Gasteiger partial charge in [-0.3, -0.25) is 10.1 Å². The molecular formula is C13H16N4O2. The molecule has 2 aromatic heterocycles. The highest BCUT2D eigenvalue weighted by Crippen LogP contribution is 2.29. The summed E-state index contributed by atoms with van der Waals surface area (Å²) in [4.78, 5) is 18.0. The van der Waals surface area contributed by atoms with Crippen molar-refractivity contribution in [2.45, 2.75) is 25.3 Å². The molecule has 0 radical (unpaired) electrons. The molecule has 1 fully saturated rings. The summed E-state index contributed by atoms with van der Waals surface area (Å²) in [6, 6.07) is 1.68. The van der Waals surface area contributed by atoms with Gasteiger partial charge in [0.25, 0.3) is 0 Å². The molecule has 6 nitrogen and oxygen atoms in total. The average Bonchev–Trinajstić information content (AvgIpc) is 2.90. The van der Waals surface area contributed by atoms with Crippen LogP contribution < -0.4 is 4.90 Å². The number of anilines is 1. The van der Waals surface area contributed by atoms with Gasteiger partial charge in [-0.15, -0.1) is 0 Å². The van der Waals surface area contributed by atoms with Gasteiger partial charge in [-0.05, 0) is 25.3 Å². The third kappa shape index (κ3) is 2.03. The van der Waals surface area contributed by atoms with Gasteiger partial charge in [0.2, 0.25) is 0 Å². The molecule has 100 valence electrons. The second-order valence-electron chi connectivity index (χ2n) is 4.70. The number of pyridine rings is 1. The maximum absolute atomic E-state index is 11.9. The number of aromatic amines is 1. The van der Waals surface area contributed by atoms with Crippen molar-refractivity contribution >= 4 is 22.7 Å². The first-order valence-electron chi connectivity index (χ1n) is 6.44.